The van der Waals surface area contributed by atoms with Gasteiger partial charge in [0.1, 0.15) is 36.5 Å². The van der Waals surface area contributed by atoms with Crippen LogP contribution in [0.3, 0.4) is 0 Å². The summed E-state index contributed by atoms with van der Waals surface area (Å²) in [4.78, 5) is 18.0. The molecular formula is C35H34ClN3O5. The first-order chi connectivity index (χ1) is 21.4. The van der Waals surface area contributed by atoms with E-state index in [1.54, 1.807) is 18.3 Å². The number of nitrogens with zero attached hydrogens (tertiary/aromatic N) is 3. The van der Waals surface area contributed by atoms with Crippen molar-refractivity contribution in [3.63, 3.8) is 0 Å². The molecule has 0 saturated carbocycles. The average Bonchev–Trinajstić information content (AvgIpc) is 3.47. The zero-order chi connectivity index (χ0) is 30.9. The number of likely N-dealkylation sites (tertiary alicyclic amines) is 1. The Kier molecular flexibility index (Phi) is 10.5. The van der Waals surface area contributed by atoms with Gasteiger partial charge in [0, 0.05) is 43.7 Å². The molecule has 5 rings (SSSR count). The van der Waals surface area contributed by atoms with Crippen LogP contribution < -0.4 is 14.2 Å². The number of aliphatic hydroxyl groups is 1. The molecule has 1 saturated heterocycles. The Bertz CT molecular complexity index is 1650. The lowest BCUT2D eigenvalue weighted by atomic mass is 9.98. The fraction of sp³-hybridized carbons (Fsp3) is 0.286. The Hall–Kier alpha value is -4.42. The molecule has 1 aliphatic heterocycles. The van der Waals surface area contributed by atoms with E-state index in [9.17, 15) is 9.90 Å². The van der Waals surface area contributed by atoms with Crippen molar-refractivity contribution in [3.05, 3.63) is 106 Å². The Morgan fingerprint density at radius 2 is 1.84 bits per heavy atom. The molecule has 0 amide bonds. The van der Waals surface area contributed by atoms with E-state index in [1.807, 2.05) is 24.3 Å². The summed E-state index contributed by atoms with van der Waals surface area (Å²) in [6, 6.07) is 21.0. The van der Waals surface area contributed by atoms with Crippen LogP contribution in [0.25, 0.3) is 11.1 Å². The van der Waals surface area contributed by atoms with Gasteiger partial charge in [0.25, 0.3) is 0 Å². The molecule has 4 aromatic rings. The summed E-state index contributed by atoms with van der Waals surface area (Å²) in [5.41, 5.74) is 5.54. The molecule has 1 aromatic heterocycles. The first-order valence-electron chi connectivity index (χ1n) is 14.5. The van der Waals surface area contributed by atoms with Crippen LogP contribution in [0.5, 0.6) is 17.2 Å². The summed E-state index contributed by atoms with van der Waals surface area (Å²) in [6.45, 7) is 5.66. The second-order valence-electron chi connectivity index (χ2n) is 10.8. The van der Waals surface area contributed by atoms with Crippen LogP contribution in [-0.4, -0.2) is 53.6 Å². The zero-order valence-corrected chi connectivity index (χ0v) is 25.3. The third-order valence-electron chi connectivity index (χ3n) is 7.55. The number of carbonyl (C=O) groups excluding carboxylic acids is 1. The molecule has 9 heteroatoms. The molecule has 1 atom stereocenters. The Balaban J connectivity index is 1.23. The van der Waals surface area contributed by atoms with Gasteiger partial charge in [0.15, 0.2) is 6.29 Å². The third-order valence-corrected chi connectivity index (χ3v) is 7.85. The molecule has 1 N–H and O–H groups in total. The summed E-state index contributed by atoms with van der Waals surface area (Å²) in [5, 5.41) is 19.1. The average molecular weight is 612 g/mol. The number of ether oxygens (including phenoxy) is 3. The Morgan fingerprint density at radius 3 is 2.64 bits per heavy atom. The number of nitriles is 1. The van der Waals surface area contributed by atoms with Gasteiger partial charge in [-0.15, -0.1) is 0 Å². The number of hydrogen-bond acceptors (Lipinski definition) is 8. The predicted octanol–water partition coefficient (Wildman–Crippen LogP) is 6.39. The first kappa shape index (κ1) is 31.0. The van der Waals surface area contributed by atoms with E-state index in [0.717, 1.165) is 60.5 Å². The van der Waals surface area contributed by atoms with E-state index in [-0.39, 0.29) is 19.3 Å². The molecule has 2 heterocycles. The number of β-amino-alcohol motifs (C(OH)–C–C–N with tert-alkyl or cyclic N) is 1. The van der Waals surface area contributed by atoms with Crippen LogP contribution in [-0.2, 0) is 13.2 Å². The van der Waals surface area contributed by atoms with E-state index in [0.29, 0.717) is 46.1 Å². The van der Waals surface area contributed by atoms with Crippen molar-refractivity contribution in [1.29, 1.82) is 5.26 Å². The van der Waals surface area contributed by atoms with Crippen molar-refractivity contribution >= 4 is 17.9 Å². The van der Waals surface area contributed by atoms with Crippen LogP contribution in [0.15, 0.2) is 73.1 Å². The molecule has 0 aliphatic carbocycles. The number of aliphatic hydroxyl groups excluding tert-OH is 1. The standard InChI is InChI=1S/C35H34ClN3O5/c1-24-31(7-3-8-33(24)42-12-4-10-39-11-9-30(41)20-39)28-6-2-5-25(14-28)22-44-35-16-34(29(21-40)15-32(35)36)43-23-27-13-26(17-37)18-38-19-27/h2-3,5-8,13-16,18-19,21,30,41H,4,9-12,20,22-23H2,1H3. The lowest BCUT2D eigenvalue weighted by Gasteiger charge is -2.17. The van der Waals surface area contributed by atoms with E-state index in [2.05, 4.69) is 41.1 Å². The molecule has 0 spiro atoms. The number of carbonyl (C=O) groups is 1. The van der Waals surface area contributed by atoms with Gasteiger partial charge in [-0.1, -0.05) is 41.9 Å². The van der Waals surface area contributed by atoms with Gasteiger partial charge in [-0.2, -0.15) is 5.26 Å². The van der Waals surface area contributed by atoms with E-state index in [1.165, 1.54) is 12.3 Å². The van der Waals surface area contributed by atoms with Crippen molar-refractivity contribution in [2.24, 2.45) is 0 Å². The van der Waals surface area contributed by atoms with Crippen molar-refractivity contribution in [2.45, 2.75) is 39.1 Å². The van der Waals surface area contributed by atoms with Gasteiger partial charge in [0.2, 0.25) is 0 Å². The summed E-state index contributed by atoms with van der Waals surface area (Å²) in [7, 11) is 0. The Labute approximate surface area is 262 Å². The molecule has 226 valence electrons. The van der Waals surface area contributed by atoms with Gasteiger partial charge < -0.3 is 24.2 Å². The fourth-order valence-corrected chi connectivity index (χ4v) is 5.45. The summed E-state index contributed by atoms with van der Waals surface area (Å²) < 4.78 is 18.1. The molecule has 0 bridgehead atoms. The first-order valence-corrected chi connectivity index (χ1v) is 14.9. The van der Waals surface area contributed by atoms with Crippen LogP contribution >= 0.6 is 11.6 Å². The van der Waals surface area contributed by atoms with Crippen molar-refractivity contribution in [1.82, 2.24) is 9.88 Å². The highest BCUT2D eigenvalue weighted by Gasteiger charge is 2.19. The lowest BCUT2D eigenvalue weighted by Crippen LogP contribution is -2.24. The maximum atomic E-state index is 11.7. The van der Waals surface area contributed by atoms with Gasteiger partial charge in [-0.3, -0.25) is 9.78 Å². The summed E-state index contributed by atoms with van der Waals surface area (Å²) in [6.07, 6.45) is 5.30. The van der Waals surface area contributed by atoms with Gasteiger partial charge >= 0.3 is 0 Å². The van der Waals surface area contributed by atoms with Crippen molar-refractivity contribution in [3.8, 4) is 34.4 Å². The highest BCUT2D eigenvalue weighted by atomic mass is 35.5. The van der Waals surface area contributed by atoms with E-state index in [4.69, 9.17) is 31.1 Å². The Morgan fingerprint density at radius 1 is 1.02 bits per heavy atom. The molecular weight excluding hydrogens is 578 g/mol. The molecule has 1 aliphatic rings. The number of pyridine rings is 1. The van der Waals surface area contributed by atoms with Crippen molar-refractivity contribution < 1.29 is 24.1 Å². The summed E-state index contributed by atoms with van der Waals surface area (Å²) >= 11 is 6.45. The van der Waals surface area contributed by atoms with E-state index < -0.39 is 0 Å². The molecule has 44 heavy (non-hydrogen) atoms. The number of aldehydes is 1. The maximum absolute atomic E-state index is 11.7. The second-order valence-corrected chi connectivity index (χ2v) is 11.2. The molecule has 3 aromatic carbocycles. The molecule has 1 unspecified atom stereocenters. The fourth-order valence-electron chi connectivity index (χ4n) is 5.23. The predicted molar refractivity (Wildman–Crippen MR) is 168 cm³/mol. The number of benzene rings is 3. The monoisotopic (exact) mass is 611 g/mol. The number of hydrogen-bond donors (Lipinski definition) is 1. The second kappa shape index (κ2) is 14.8. The maximum Gasteiger partial charge on any atom is 0.153 e. The minimum absolute atomic E-state index is 0.122. The molecule has 1 fully saturated rings. The van der Waals surface area contributed by atoms with Crippen molar-refractivity contribution in [2.75, 3.05) is 26.2 Å². The van der Waals surface area contributed by atoms with Crippen LogP contribution in [0.4, 0.5) is 0 Å². The highest BCUT2D eigenvalue weighted by Crippen LogP contribution is 2.34. The molecule has 0 radical (unpaired) electrons. The number of aromatic nitrogens is 1. The number of rotatable bonds is 13. The quantitative estimate of drug-likeness (QED) is 0.137. The number of halogens is 1. The summed E-state index contributed by atoms with van der Waals surface area (Å²) in [5.74, 6) is 1.56. The molecule has 8 nitrogen and oxygen atoms in total. The normalized spacial score (nSPS) is 14.6. The highest BCUT2D eigenvalue weighted by molar-refractivity contribution is 6.32. The van der Waals surface area contributed by atoms with Gasteiger partial charge in [0.05, 0.1) is 28.9 Å². The SMILES string of the molecule is Cc1c(OCCCN2CCC(O)C2)cccc1-c1cccc(COc2cc(OCc3cncc(C#N)c3)c(C=O)cc2Cl)c1. The lowest BCUT2D eigenvalue weighted by molar-refractivity contribution is 0.111. The minimum Gasteiger partial charge on any atom is -0.493 e. The van der Waals surface area contributed by atoms with Crippen LogP contribution in [0, 0.1) is 18.3 Å². The van der Waals surface area contributed by atoms with E-state index >= 15 is 0 Å². The van der Waals surface area contributed by atoms with Gasteiger partial charge in [-0.05, 0) is 66.3 Å². The minimum atomic E-state index is -0.203. The third kappa shape index (κ3) is 7.94. The topological polar surface area (TPSA) is 105 Å². The smallest absolute Gasteiger partial charge is 0.153 e. The van der Waals surface area contributed by atoms with Crippen LogP contribution in [0.2, 0.25) is 5.02 Å². The zero-order valence-electron chi connectivity index (χ0n) is 24.5. The van der Waals surface area contributed by atoms with Crippen LogP contribution in [0.1, 0.15) is 45.5 Å². The largest absolute Gasteiger partial charge is 0.493 e. The van der Waals surface area contributed by atoms with Gasteiger partial charge in [-0.25, -0.2) is 0 Å².